The second kappa shape index (κ2) is 5.45. The standard InChI is InChI=1S/C16H12N2O5/c1-18-14(19)12(17-16(18)22)8-11-6-7-13(23-11)9-2-4-10(5-3-9)15(20)21/h2-8H,1H3,(H,17,22)(H,20,21)/p-1/b12-8+. The Hall–Kier alpha value is -3.35. The molecule has 116 valence electrons. The zero-order valence-electron chi connectivity index (χ0n) is 12.0. The molecule has 0 spiro atoms. The topological polar surface area (TPSA) is 103 Å². The lowest BCUT2D eigenvalue weighted by Crippen LogP contribution is -2.25. The molecule has 0 bridgehead atoms. The van der Waals surface area contributed by atoms with Crippen molar-refractivity contribution >= 4 is 24.0 Å². The zero-order chi connectivity index (χ0) is 16.6. The predicted octanol–water partition coefficient (Wildman–Crippen LogP) is 0.833. The molecule has 3 amide bonds. The van der Waals surface area contributed by atoms with Crippen LogP contribution < -0.4 is 10.4 Å². The number of furan rings is 1. The number of carbonyl (C=O) groups excluding carboxylic acids is 3. The Labute approximate surface area is 130 Å². The summed E-state index contributed by atoms with van der Waals surface area (Å²) in [6, 6.07) is 8.86. The van der Waals surface area contributed by atoms with Crippen LogP contribution in [0.25, 0.3) is 17.4 Å². The van der Waals surface area contributed by atoms with E-state index in [4.69, 9.17) is 4.42 Å². The number of carbonyl (C=O) groups is 3. The second-order valence-corrected chi connectivity index (χ2v) is 4.92. The fourth-order valence-electron chi connectivity index (χ4n) is 2.12. The Balaban J connectivity index is 1.85. The second-order valence-electron chi connectivity index (χ2n) is 4.92. The summed E-state index contributed by atoms with van der Waals surface area (Å²) in [5, 5.41) is 13.2. The average Bonchev–Trinajstić information content (AvgIpc) is 3.09. The van der Waals surface area contributed by atoms with Crippen molar-refractivity contribution in [3.8, 4) is 11.3 Å². The monoisotopic (exact) mass is 311 g/mol. The first kappa shape index (κ1) is 14.6. The van der Waals surface area contributed by atoms with Gasteiger partial charge in [0.05, 0.1) is 5.97 Å². The number of benzene rings is 1. The molecule has 1 aliphatic heterocycles. The summed E-state index contributed by atoms with van der Waals surface area (Å²) >= 11 is 0. The van der Waals surface area contributed by atoms with Crippen molar-refractivity contribution in [2.45, 2.75) is 0 Å². The summed E-state index contributed by atoms with van der Waals surface area (Å²) in [7, 11) is 1.38. The highest BCUT2D eigenvalue weighted by molar-refractivity contribution is 6.13. The number of imide groups is 1. The van der Waals surface area contributed by atoms with Crippen LogP contribution in [0.1, 0.15) is 16.1 Å². The Kier molecular flexibility index (Phi) is 3.46. The number of nitrogens with one attached hydrogen (secondary N) is 1. The Morgan fingerprint density at radius 1 is 1.17 bits per heavy atom. The van der Waals surface area contributed by atoms with Crippen LogP contribution in [0.3, 0.4) is 0 Å². The number of hydrogen-bond acceptors (Lipinski definition) is 5. The van der Waals surface area contributed by atoms with Gasteiger partial charge in [0.2, 0.25) is 0 Å². The molecule has 3 rings (SSSR count). The molecular weight excluding hydrogens is 300 g/mol. The molecule has 1 aromatic carbocycles. The number of urea groups is 1. The number of hydrogen-bond donors (Lipinski definition) is 1. The minimum Gasteiger partial charge on any atom is -0.545 e. The molecule has 0 saturated carbocycles. The number of amides is 3. The highest BCUT2D eigenvalue weighted by Crippen LogP contribution is 2.24. The number of carboxylic acid groups (broad SMARTS) is 1. The summed E-state index contributed by atoms with van der Waals surface area (Å²) in [6.07, 6.45) is 1.43. The van der Waals surface area contributed by atoms with Gasteiger partial charge in [0.25, 0.3) is 5.91 Å². The zero-order valence-corrected chi connectivity index (χ0v) is 12.0. The van der Waals surface area contributed by atoms with E-state index in [0.29, 0.717) is 17.1 Å². The van der Waals surface area contributed by atoms with Gasteiger partial charge in [0.15, 0.2) is 0 Å². The molecule has 0 radical (unpaired) electrons. The van der Waals surface area contributed by atoms with Crippen molar-refractivity contribution in [3.63, 3.8) is 0 Å². The van der Waals surface area contributed by atoms with Gasteiger partial charge in [-0.05, 0) is 17.7 Å². The maximum absolute atomic E-state index is 11.8. The van der Waals surface area contributed by atoms with Crippen molar-refractivity contribution in [1.82, 2.24) is 10.2 Å². The molecule has 0 aliphatic carbocycles. The highest BCUT2D eigenvalue weighted by Gasteiger charge is 2.30. The van der Waals surface area contributed by atoms with E-state index in [1.165, 1.54) is 25.3 Å². The molecule has 1 aliphatic rings. The largest absolute Gasteiger partial charge is 0.545 e. The number of rotatable bonds is 3. The molecule has 1 aromatic heterocycles. The predicted molar refractivity (Wildman–Crippen MR) is 77.8 cm³/mol. The van der Waals surface area contributed by atoms with E-state index in [-0.39, 0.29) is 11.3 Å². The Morgan fingerprint density at radius 3 is 2.43 bits per heavy atom. The van der Waals surface area contributed by atoms with Crippen LogP contribution >= 0.6 is 0 Å². The van der Waals surface area contributed by atoms with Gasteiger partial charge in [-0.2, -0.15) is 0 Å². The van der Waals surface area contributed by atoms with Crippen molar-refractivity contribution < 1.29 is 23.9 Å². The van der Waals surface area contributed by atoms with Crippen LogP contribution in [0.15, 0.2) is 46.5 Å². The lowest BCUT2D eigenvalue weighted by Gasteiger charge is -2.02. The Bertz CT molecular complexity index is 832. The van der Waals surface area contributed by atoms with E-state index in [0.717, 1.165) is 4.90 Å². The smallest absolute Gasteiger partial charge is 0.328 e. The minimum absolute atomic E-state index is 0.0740. The first-order valence-electron chi connectivity index (χ1n) is 6.68. The van der Waals surface area contributed by atoms with Gasteiger partial charge < -0.3 is 19.6 Å². The van der Waals surface area contributed by atoms with Gasteiger partial charge in [-0.15, -0.1) is 0 Å². The highest BCUT2D eigenvalue weighted by atomic mass is 16.4. The van der Waals surface area contributed by atoms with Gasteiger partial charge in [-0.25, -0.2) is 4.79 Å². The molecule has 1 fully saturated rings. The molecule has 7 heteroatoms. The van der Waals surface area contributed by atoms with Crippen molar-refractivity contribution in [1.29, 1.82) is 0 Å². The summed E-state index contributed by atoms with van der Waals surface area (Å²) in [4.78, 5) is 34.8. The number of nitrogens with zero attached hydrogens (tertiary/aromatic N) is 1. The molecule has 7 nitrogen and oxygen atoms in total. The maximum atomic E-state index is 11.8. The maximum Gasteiger partial charge on any atom is 0.328 e. The molecular formula is C16H11N2O5-. The van der Waals surface area contributed by atoms with E-state index in [1.807, 2.05) is 0 Å². The van der Waals surface area contributed by atoms with Gasteiger partial charge >= 0.3 is 6.03 Å². The van der Waals surface area contributed by atoms with Crippen LogP contribution in [0.2, 0.25) is 0 Å². The van der Waals surface area contributed by atoms with E-state index in [2.05, 4.69) is 5.32 Å². The Morgan fingerprint density at radius 2 is 1.87 bits per heavy atom. The van der Waals surface area contributed by atoms with Crippen molar-refractivity contribution in [3.05, 3.63) is 53.4 Å². The van der Waals surface area contributed by atoms with Crippen LogP contribution in [-0.2, 0) is 4.79 Å². The molecule has 1 N–H and O–H groups in total. The van der Waals surface area contributed by atoms with E-state index < -0.39 is 17.9 Å². The molecule has 0 unspecified atom stereocenters. The normalized spacial score (nSPS) is 16.0. The van der Waals surface area contributed by atoms with Crippen LogP contribution in [-0.4, -0.2) is 29.9 Å². The summed E-state index contributed by atoms with van der Waals surface area (Å²) in [6.45, 7) is 0. The fraction of sp³-hybridized carbons (Fsp3) is 0.0625. The van der Waals surface area contributed by atoms with Crippen molar-refractivity contribution in [2.75, 3.05) is 7.05 Å². The minimum atomic E-state index is -1.25. The average molecular weight is 311 g/mol. The van der Waals surface area contributed by atoms with Gasteiger partial charge in [0.1, 0.15) is 17.2 Å². The lowest BCUT2D eigenvalue weighted by molar-refractivity contribution is -0.255. The van der Waals surface area contributed by atoms with Gasteiger partial charge in [-0.3, -0.25) is 9.69 Å². The first-order chi connectivity index (χ1) is 11.0. The van der Waals surface area contributed by atoms with Crippen LogP contribution in [0, 0.1) is 0 Å². The lowest BCUT2D eigenvalue weighted by atomic mass is 10.1. The number of likely N-dealkylation sites (N-methyl/N-ethyl adjacent to an activating group) is 1. The van der Waals surface area contributed by atoms with Crippen LogP contribution in [0.4, 0.5) is 4.79 Å². The third-order valence-corrected chi connectivity index (χ3v) is 3.40. The van der Waals surface area contributed by atoms with Crippen molar-refractivity contribution in [2.24, 2.45) is 0 Å². The van der Waals surface area contributed by atoms with Crippen LogP contribution in [0.5, 0.6) is 0 Å². The number of carboxylic acids is 1. The summed E-state index contributed by atoms with van der Waals surface area (Å²) in [5.74, 6) is -0.790. The quantitative estimate of drug-likeness (QED) is 0.668. The van der Waals surface area contributed by atoms with Gasteiger partial charge in [0, 0.05) is 18.7 Å². The molecule has 23 heavy (non-hydrogen) atoms. The fourth-order valence-corrected chi connectivity index (χ4v) is 2.12. The van der Waals surface area contributed by atoms with Gasteiger partial charge in [-0.1, -0.05) is 24.3 Å². The molecule has 2 heterocycles. The molecule has 0 atom stereocenters. The van der Waals surface area contributed by atoms with E-state index in [1.54, 1.807) is 24.3 Å². The van der Waals surface area contributed by atoms with E-state index >= 15 is 0 Å². The van der Waals surface area contributed by atoms with E-state index in [9.17, 15) is 19.5 Å². The third kappa shape index (κ3) is 2.71. The summed E-state index contributed by atoms with van der Waals surface area (Å²) in [5.41, 5.74) is 0.884. The first-order valence-corrected chi connectivity index (χ1v) is 6.68. The molecule has 2 aromatic rings. The summed E-state index contributed by atoms with van der Waals surface area (Å²) < 4.78 is 5.59. The molecule has 1 saturated heterocycles. The number of aromatic carboxylic acids is 1. The third-order valence-electron chi connectivity index (χ3n) is 3.40. The SMILES string of the molecule is CN1C(=O)N/C(=C/c2ccc(-c3ccc(C(=O)[O-])cc3)o2)C1=O.